The number of likely N-dealkylation sites (tertiary alicyclic amines) is 1. The van der Waals surface area contributed by atoms with Crippen molar-refractivity contribution in [2.45, 2.75) is 77.9 Å². The fraction of sp³-hybridized carbons (Fsp3) is 0.760. The number of thiophene rings is 1. The summed E-state index contributed by atoms with van der Waals surface area (Å²) in [4.78, 5) is 31.3. The van der Waals surface area contributed by atoms with Crippen molar-refractivity contribution in [1.29, 1.82) is 0 Å². The third kappa shape index (κ3) is 7.03. The molecule has 1 aliphatic carbocycles. The van der Waals surface area contributed by atoms with Gasteiger partial charge in [-0.05, 0) is 67.8 Å². The lowest BCUT2D eigenvalue weighted by Gasteiger charge is -2.43. The molecule has 6 nitrogen and oxygen atoms in total. The number of rotatable bonds is 9. The van der Waals surface area contributed by atoms with Gasteiger partial charge in [0.2, 0.25) is 11.8 Å². The molecule has 0 bridgehead atoms. The average Bonchev–Trinajstić information content (AvgIpc) is 3.29. The summed E-state index contributed by atoms with van der Waals surface area (Å²) in [6.07, 6.45) is 6.29. The van der Waals surface area contributed by atoms with E-state index in [0.29, 0.717) is 43.3 Å². The summed E-state index contributed by atoms with van der Waals surface area (Å²) in [6, 6.07) is 4.22. The van der Waals surface area contributed by atoms with Crippen LogP contribution in [0.2, 0.25) is 0 Å². The molecular formula is C25H42N4O2S. The molecule has 2 heterocycles. The fourth-order valence-electron chi connectivity index (χ4n) is 5.48. The Bertz CT molecular complexity index is 724. The number of hydrogen-bond donors (Lipinski definition) is 2. The highest BCUT2D eigenvalue weighted by Gasteiger charge is 2.37. The highest BCUT2D eigenvalue weighted by atomic mass is 32.1. The number of nitrogens with two attached hydrogens (primary N) is 1. The van der Waals surface area contributed by atoms with Crippen molar-refractivity contribution in [3.05, 3.63) is 22.4 Å². The minimum atomic E-state index is -0.377. The summed E-state index contributed by atoms with van der Waals surface area (Å²) in [6.45, 7) is 10.1. The summed E-state index contributed by atoms with van der Waals surface area (Å²) in [7, 11) is 0. The third-order valence-corrected chi connectivity index (χ3v) is 7.99. The number of amides is 2. The molecule has 1 aliphatic heterocycles. The summed E-state index contributed by atoms with van der Waals surface area (Å²) >= 11 is 1.79. The summed E-state index contributed by atoms with van der Waals surface area (Å²) < 4.78 is 0. The lowest BCUT2D eigenvalue weighted by Crippen LogP contribution is -2.57. The molecule has 1 aromatic rings. The molecule has 32 heavy (non-hydrogen) atoms. The molecule has 0 radical (unpaired) electrons. The van der Waals surface area contributed by atoms with Crippen molar-refractivity contribution in [3.8, 4) is 0 Å². The predicted octanol–water partition coefficient (Wildman–Crippen LogP) is 3.47. The van der Waals surface area contributed by atoms with E-state index in [0.717, 1.165) is 38.9 Å². The molecule has 1 aromatic heterocycles. The van der Waals surface area contributed by atoms with Crippen LogP contribution >= 0.6 is 11.3 Å². The van der Waals surface area contributed by atoms with Gasteiger partial charge in [0.1, 0.15) is 6.04 Å². The van der Waals surface area contributed by atoms with Crippen LogP contribution in [-0.2, 0) is 16.1 Å². The van der Waals surface area contributed by atoms with Gasteiger partial charge in [0.15, 0.2) is 0 Å². The van der Waals surface area contributed by atoms with E-state index in [2.05, 4.69) is 41.6 Å². The van der Waals surface area contributed by atoms with Crippen LogP contribution in [0.25, 0.3) is 0 Å². The van der Waals surface area contributed by atoms with Gasteiger partial charge in [-0.1, -0.05) is 26.3 Å². The van der Waals surface area contributed by atoms with Crippen LogP contribution in [0, 0.1) is 17.8 Å². The van der Waals surface area contributed by atoms with Crippen LogP contribution < -0.4 is 11.1 Å². The predicted molar refractivity (Wildman–Crippen MR) is 131 cm³/mol. The Morgan fingerprint density at radius 3 is 2.69 bits per heavy atom. The smallest absolute Gasteiger partial charge is 0.242 e. The van der Waals surface area contributed by atoms with E-state index in [-0.39, 0.29) is 17.9 Å². The van der Waals surface area contributed by atoms with E-state index in [4.69, 9.17) is 5.73 Å². The SMILES string of the molecule is CC(=O)N1CCC(N(Cc2cccs2)CC(C)C)C[C@@H]1C(=O)NCC1CCCC(CN)C1. The summed E-state index contributed by atoms with van der Waals surface area (Å²) in [5.74, 6) is 1.65. The van der Waals surface area contributed by atoms with Gasteiger partial charge in [-0.3, -0.25) is 14.5 Å². The van der Waals surface area contributed by atoms with Gasteiger partial charge in [-0.15, -0.1) is 11.3 Å². The lowest BCUT2D eigenvalue weighted by atomic mass is 9.81. The largest absolute Gasteiger partial charge is 0.354 e. The number of nitrogens with zero attached hydrogens (tertiary/aromatic N) is 2. The van der Waals surface area contributed by atoms with Crippen molar-refractivity contribution in [2.75, 3.05) is 26.2 Å². The van der Waals surface area contributed by atoms with Gasteiger partial charge < -0.3 is 16.0 Å². The van der Waals surface area contributed by atoms with Gasteiger partial charge >= 0.3 is 0 Å². The van der Waals surface area contributed by atoms with Crippen molar-refractivity contribution in [3.63, 3.8) is 0 Å². The number of hydrogen-bond acceptors (Lipinski definition) is 5. The maximum absolute atomic E-state index is 13.3. The van der Waals surface area contributed by atoms with E-state index >= 15 is 0 Å². The van der Waals surface area contributed by atoms with Crippen molar-refractivity contribution >= 4 is 23.2 Å². The zero-order valence-corrected chi connectivity index (χ0v) is 20.9. The van der Waals surface area contributed by atoms with E-state index in [1.165, 1.54) is 17.7 Å². The van der Waals surface area contributed by atoms with Gasteiger partial charge in [-0.2, -0.15) is 0 Å². The molecule has 3 N–H and O–H groups in total. The van der Waals surface area contributed by atoms with Crippen LogP contribution in [0.5, 0.6) is 0 Å². The fourth-order valence-corrected chi connectivity index (χ4v) is 6.21. The van der Waals surface area contributed by atoms with Gasteiger partial charge in [-0.25, -0.2) is 0 Å². The topological polar surface area (TPSA) is 78.7 Å². The quantitative estimate of drug-likeness (QED) is 0.589. The first-order valence-corrected chi connectivity index (χ1v) is 13.3. The Kier molecular flexibility index (Phi) is 9.56. The van der Waals surface area contributed by atoms with Crippen LogP contribution in [0.1, 0.15) is 64.2 Å². The molecule has 3 unspecified atom stereocenters. The van der Waals surface area contributed by atoms with Crippen LogP contribution in [0.15, 0.2) is 17.5 Å². The highest BCUT2D eigenvalue weighted by Crippen LogP contribution is 2.29. The monoisotopic (exact) mass is 462 g/mol. The highest BCUT2D eigenvalue weighted by molar-refractivity contribution is 7.09. The molecule has 2 amide bonds. The molecule has 2 aliphatic rings. The van der Waals surface area contributed by atoms with E-state index < -0.39 is 0 Å². The first kappa shape index (κ1) is 25.2. The second kappa shape index (κ2) is 12.1. The van der Waals surface area contributed by atoms with Crippen LogP contribution in [-0.4, -0.2) is 59.9 Å². The Labute approximate surface area is 197 Å². The number of nitrogens with one attached hydrogen (secondary N) is 1. The van der Waals surface area contributed by atoms with Crippen molar-refractivity contribution < 1.29 is 9.59 Å². The van der Waals surface area contributed by atoms with E-state index in [9.17, 15) is 9.59 Å². The molecule has 2 fully saturated rings. The minimum absolute atomic E-state index is 0.00173. The van der Waals surface area contributed by atoms with Crippen molar-refractivity contribution in [2.24, 2.45) is 23.5 Å². The molecule has 4 atom stereocenters. The van der Waals surface area contributed by atoms with Gasteiger partial charge in [0.25, 0.3) is 0 Å². The van der Waals surface area contributed by atoms with Gasteiger partial charge in [0.05, 0.1) is 0 Å². The molecule has 1 saturated heterocycles. The second-order valence-electron chi connectivity index (χ2n) is 10.2. The molecule has 0 aromatic carbocycles. The summed E-state index contributed by atoms with van der Waals surface area (Å²) in [5, 5.41) is 5.33. The Morgan fingerprint density at radius 2 is 2.03 bits per heavy atom. The Morgan fingerprint density at radius 1 is 1.25 bits per heavy atom. The molecule has 180 valence electrons. The maximum atomic E-state index is 13.3. The number of carbonyl (C=O) groups is 2. The first-order chi connectivity index (χ1) is 15.4. The molecule has 1 saturated carbocycles. The Hall–Kier alpha value is -1.44. The van der Waals surface area contributed by atoms with E-state index in [1.807, 2.05) is 0 Å². The van der Waals surface area contributed by atoms with E-state index in [1.54, 1.807) is 23.2 Å². The zero-order valence-electron chi connectivity index (χ0n) is 20.1. The lowest BCUT2D eigenvalue weighted by molar-refractivity contribution is -0.142. The van der Waals surface area contributed by atoms with Crippen LogP contribution in [0.3, 0.4) is 0 Å². The van der Waals surface area contributed by atoms with Gasteiger partial charge in [0, 0.05) is 44.0 Å². The standard InChI is InChI=1S/C25H42N4O2S/c1-18(2)16-28(17-23-8-5-11-32-23)22-9-10-29(19(3)30)24(13-22)25(31)27-15-21-7-4-6-20(12-21)14-26/h5,8,11,18,20-22,24H,4,6-7,9-10,12-17,26H2,1-3H3,(H,27,31)/t20?,21?,22?,24-/m1/s1. The number of carbonyl (C=O) groups excluding carboxylic acids is 2. The summed E-state index contributed by atoms with van der Waals surface area (Å²) in [5.41, 5.74) is 5.88. The normalized spacial score (nSPS) is 26.5. The van der Waals surface area contributed by atoms with Crippen LogP contribution in [0.4, 0.5) is 0 Å². The molecule has 0 spiro atoms. The molecule has 7 heteroatoms. The first-order valence-electron chi connectivity index (χ1n) is 12.4. The maximum Gasteiger partial charge on any atom is 0.242 e. The molecular weight excluding hydrogens is 420 g/mol. The second-order valence-corrected chi connectivity index (χ2v) is 11.2. The minimum Gasteiger partial charge on any atom is -0.354 e. The molecule has 3 rings (SSSR count). The average molecular weight is 463 g/mol. The number of piperidine rings is 1. The van der Waals surface area contributed by atoms with Crippen molar-refractivity contribution in [1.82, 2.24) is 15.1 Å². The zero-order chi connectivity index (χ0) is 23.1. The third-order valence-electron chi connectivity index (χ3n) is 7.13. The Balaban J connectivity index is 1.64.